The van der Waals surface area contributed by atoms with Crippen LogP contribution in [0.3, 0.4) is 0 Å². The van der Waals surface area contributed by atoms with Gasteiger partial charge in [-0.25, -0.2) is 0 Å². The zero-order valence-corrected chi connectivity index (χ0v) is 25.0. The lowest BCUT2D eigenvalue weighted by molar-refractivity contribution is 0.125. The smallest absolute Gasteiger partial charge is 0.0466 e. The van der Waals surface area contributed by atoms with E-state index in [4.69, 9.17) is 4.74 Å². The van der Waals surface area contributed by atoms with Crippen LogP contribution >= 0.6 is 0 Å². The Bertz CT molecular complexity index is 307. The van der Waals surface area contributed by atoms with Gasteiger partial charge < -0.3 is 4.74 Å². The molecule has 0 rings (SSSR count). The summed E-state index contributed by atoms with van der Waals surface area (Å²) in [6.07, 6.45) is 43.1. The third-order valence-electron chi connectivity index (χ3n) is 7.78. The van der Waals surface area contributed by atoms with E-state index in [1.807, 2.05) is 0 Å². The van der Waals surface area contributed by atoms with Gasteiger partial charge in [0.1, 0.15) is 0 Å². The van der Waals surface area contributed by atoms with Crippen molar-refractivity contribution < 1.29 is 4.74 Å². The van der Waals surface area contributed by atoms with E-state index in [0.717, 1.165) is 13.2 Å². The first-order valence-corrected chi connectivity index (χ1v) is 17.0. The summed E-state index contributed by atoms with van der Waals surface area (Å²) in [6, 6.07) is 0. The number of rotatable bonds is 32. The van der Waals surface area contributed by atoms with Crippen LogP contribution in [-0.4, -0.2) is 13.2 Å². The van der Waals surface area contributed by atoms with Gasteiger partial charge in [0.25, 0.3) is 0 Å². The van der Waals surface area contributed by atoms with Crippen molar-refractivity contribution in [2.24, 2.45) is 0 Å². The van der Waals surface area contributed by atoms with Gasteiger partial charge in [-0.3, -0.25) is 0 Å². The van der Waals surface area contributed by atoms with Crippen LogP contribution in [-0.2, 0) is 4.74 Å². The molecule has 0 aromatic carbocycles. The van der Waals surface area contributed by atoms with E-state index in [2.05, 4.69) is 13.8 Å². The Kier molecular flexibility index (Phi) is 33.9. The fraction of sp³-hybridized carbons (Fsp3) is 1.00. The minimum absolute atomic E-state index is 0.992. The third kappa shape index (κ3) is 34.0. The topological polar surface area (TPSA) is 9.23 Å². The first kappa shape index (κ1) is 35.0. The monoisotopic (exact) mass is 495 g/mol. The second-order valence-corrected chi connectivity index (χ2v) is 11.5. The van der Waals surface area contributed by atoms with Crippen molar-refractivity contribution in [1.82, 2.24) is 0 Å². The largest absolute Gasteiger partial charge is 0.381 e. The molecule has 0 heterocycles. The minimum Gasteiger partial charge on any atom is -0.381 e. The molecule has 35 heavy (non-hydrogen) atoms. The van der Waals surface area contributed by atoms with E-state index in [0.29, 0.717) is 0 Å². The molecule has 1 nitrogen and oxygen atoms in total. The molecule has 0 N–H and O–H groups in total. The van der Waals surface area contributed by atoms with E-state index >= 15 is 0 Å². The summed E-state index contributed by atoms with van der Waals surface area (Å²) in [6.45, 7) is 6.57. The fourth-order valence-electron chi connectivity index (χ4n) is 5.25. The van der Waals surface area contributed by atoms with Crippen LogP contribution in [0.1, 0.15) is 206 Å². The predicted octanol–water partition coefficient (Wildman–Crippen LogP) is 12.7. The first-order chi connectivity index (χ1) is 17.4. The van der Waals surface area contributed by atoms with Crippen LogP contribution in [0, 0.1) is 0 Å². The number of hydrogen-bond acceptors (Lipinski definition) is 1. The second-order valence-electron chi connectivity index (χ2n) is 11.5. The Hall–Kier alpha value is -0.0400. The van der Waals surface area contributed by atoms with Crippen LogP contribution < -0.4 is 0 Å². The molecule has 0 aromatic rings. The predicted molar refractivity (Wildman–Crippen MR) is 161 cm³/mol. The van der Waals surface area contributed by atoms with Gasteiger partial charge in [-0.2, -0.15) is 0 Å². The van der Waals surface area contributed by atoms with Crippen molar-refractivity contribution >= 4 is 0 Å². The second kappa shape index (κ2) is 34.0. The summed E-state index contributed by atoms with van der Waals surface area (Å²) in [4.78, 5) is 0. The first-order valence-electron chi connectivity index (χ1n) is 17.0. The lowest BCUT2D eigenvalue weighted by Gasteiger charge is -2.05. The molecule has 1 heteroatoms. The molecule has 0 aromatic heterocycles. The Balaban J connectivity index is 3.00. The van der Waals surface area contributed by atoms with Gasteiger partial charge in [0.05, 0.1) is 0 Å². The molecule has 212 valence electrons. The van der Waals surface area contributed by atoms with Gasteiger partial charge in [-0.15, -0.1) is 0 Å². The molecule has 0 aliphatic rings. The molecule has 0 aliphatic heterocycles. The van der Waals surface area contributed by atoms with E-state index < -0.39 is 0 Å². The Morgan fingerprint density at radius 1 is 0.229 bits per heavy atom. The Morgan fingerprint density at radius 2 is 0.400 bits per heavy atom. The van der Waals surface area contributed by atoms with Gasteiger partial charge in [-0.05, 0) is 12.8 Å². The SMILES string of the molecule is CCCCCCCCCCCCCCCCCCCCCCCCCCOCCCCCCCC. The number of ether oxygens (including phenoxy) is 1. The summed E-state index contributed by atoms with van der Waals surface area (Å²) in [7, 11) is 0. The Labute approximate surface area is 224 Å². The fourth-order valence-corrected chi connectivity index (χ4v) is 5.25. The minimum atomic E-state index is 0.992. The molecule has 0 radical (unpaired) electrons. The van der Waals surface area contributed by atoms with Crippen LogP contribution in [0.15, 0.2) is 0 Å². The maximum Gasteiger partial charge on any atom is 0.0466 e. The van der Waals surface area contributed by atoms with Crippen molar-refractivity contribution in [2.45, 2.75) is 206 Å². The average Bonchev–Trinajstić information content (AvgIpc) is 2.87. The van der Waals surface area contributed by atoms with Gasteiger partial charge in [-0.1, -0.05) is 194 Å². The van der Waals surface area contributed by atoms with Crippen molar-refractivity contribution in [2.75, 3.05) is 13.2 Å². The lowest BCUT2D eigenvalue weighted by Crippen LogP contribution is -1.97. The summed E-state index contributed by atoms with van der Waals surface area (Å²) in [5.74, 6) is 0. The Morgan fingerprint density at radius 3 is 0.600 bits per heavy atom. The van der Waals surface area contributed by atoms with Crippen molar-refractivity contribution in [1.29, 1.82) is 0 Å². The maximum absolute atomic E-state index is 5.79. The van der Waals surface area contributed by atoms with Crippen LogP contribution in [0.5, 0.6) is 0 Å². The summed E-state index contributed by atoms with van der Waals surface area (Å²) >= 11 is 0. The molecule has 0 saturated carbocycles. The molecular weight excluding hydrogens is 424 g/mol. The highest BCUT2D eigenvalue weighted by Gasteiger charge is 1.97. The summed E-state index contributed by atoms with van der Waals surface area (Å²) in [5, 5.41) is 0. The van der Waals surface area contributed by atoms with E-state index in [1.54, 1.807) is 0 Å². The standard InChI is InChI=1S/C34H70O/c1-3-5-7-9-11-12-13-14-15-16-17-18-19-20-21-22-23-24-25-26-27-28-30-32-34-35-33-31-29-10-8-6-4-2/h3-34H2,1-2H3. The molecule has 0 spiro atoms. The average molecular weight is 495 g/mol. The summed E-state index contributed by atoms with van der Waals surface area (Å²) < 4.78 is 5.79. The highest BCUT2D eigenvalue weighted by atomic mass is 16.5. The third-order valence-corrected chi connectivity index (χ3v) is 7.78. The molecule has 0 fully saturated rings. The van der Waals surface area contributed by atoms with Crippen LogP contribution in [0.4, 0.5) is 0 Å². The highest BCUT2D eigenvalue weighted by Crippen LogP contribution is 2.15. The normalized spacial score (nSPS) is 11.5. The highest BCUT2D eigenvalue weighted by molar-refractivity contribution is 4.52. The van der Waals surface area contributed by atoms with E-state index in [9.17, 15) is 0 Å². The van der Waals surface area contributed by atoms with Crippen molar-refractivity contribution in [3.05, 3.63) is 0 Å². The van der Waals surface area contributed by atoms with Gasteiger partial charge in [0.2, 0.25) is 0 Å². The quantitative estimate of drug-likeness (QED) is 0.0844. The molecule has 0 bridgehead atoms. The number of unbranched alkanes of at least 4 members (excludes halogenated alkanes) is 28. The van der Waals surface area contributed by atoms with Crippen molar-refractivity contribution in [3.8, 4) is 0 Å². The molecule has 0 amide bonds. The zero-order chi connectivity index (χ0) is 25.3. The van der Waals surface area contributed by atoms with Gasteiger partial charge in [0.15, 0.2) is 0 Å². The van der Waals surface area contributed by atoms with Crippen molar-refractivity contribution in [3.63, 3.8) is 0 Å². The molecule has 0 unspecified atom stereocenters. The van der Waals surface area contributed by atoms with Crippen LogP contribution in [0.2, 0.25) is 0 Å². The van der Waals surface area contributed by atoms with Gasteiger partial charge >= 0.3 is 0 Å². The van der Waals surface area contributed by atoms with Crippen LogP contribution in [0.25, 0.3) is 0 Å². The lowest BCUT2D eigenvalue weighted by atomic mass is 10.0. The van der Waals surface area contributed by atoms with E-state index in [1.165, 1.54) is 193 Å². The van der Waals surface area contributed by atoms with E-state index in [-0.39, 0.29) is 0 Å². The number of hydrogen-bond donors (Lipinski definition) is 0. The molecule has 0 saturated heterocycles. The molecule has 0 aliphatic carbocycles. The summed E-state index contributed by atoms with van der Waals surface area (Å²) in [5.41, 5.74) is 0. The van der Waals surface area contributed by atoms with Gasteiger partial charge in [0, 0.05) is 13.2 Å². The molecular formula is C34H70O. The molecule has 0 atom stereocenters. The zero-order valence-electron chi connectivity index (χ0n) is 25.0. The maximum atomic E-state index is 5.79.